The van der Waals surface area contributed by atoms with Gasteiger partial charge in [-0.1, -0.05) is 24.3 Å². The van der Waals surface area contributed by atoms with Crippen LogP contribution in [0.25, 0.3) is 32.7 Å². The molecule has 0 aliphatic carbocycles. The Morgan fingerprint density at radius 2 is 1.67 bits per heavy atom. The van der Waals surface area contributed by atoms with Crippen LogP contribution in [0, 0.1) is 0 Å². The minimum absolute atomic E-state index is 0.993. The Kier molecular flexibility index (Phi) is 1.86. The molecule has 2 nitrogen and oxygen atoms in total. The summed E-state index contributed by atoms with van der Waals surface area (Å²) in [7, 11) is 0. The number of pyridine rings is 2. The van der Waals surface area contributed by atoms with Crippen molar-refractivity contribution in [2.75, 3.05) is 0 Å². The van der Waals surface area contributed by atoms with E-state index in [9.17, 15) is 0 Å². The molecule has 0 saturated heterocycles. The number of rotatable bonds is 0. The Bertz CT molecular complexity index is 875. The number of aromatic nitrogens is 2. The lowest BCUT2D eigenvalue weighted by atomic mass is 10.1. The average molecular weight is 230 g/mol. The highest BCUT2D eigenvalue weighted by atomic mass is 14.7. The van der Waals surface area contributed by atoms with Crippen LogP contribution in [0.5, 0.6) is 0 Å². The summed E-state index contributed by atoms with van der Waals surface area (Å²) in [5, 5.41) is 3.45. The predicted octanol–water partition coefficient (Wildman–Crippen LogP) is 3.94. The summed E-state index contributed by atoms with van der Waals surface area (Å²) in [6.07, 6.45) is 1.81. The maximum absolute atomic E-state index is 4.77. The monoisotopic (exact) mass is 230 g/mol. The fourth-order valence-corrected chi connectivity index (χ4v) is 2.39. The first-order valence-electron chi connectivity index (χ1n) is 5.95. The minimum Gasteiger partial charge on any atom is -0.256 e. The average Bonchev–Trinajstić information content (AvgIpc) is 2.45. The molecule has 0 bridgehead atoms. The quantitative estimate of drug-likeness (QED) is 0.338. The van der Waals surface area contributed by atoms with Gasteiger partial charge in [-0.05, 0) is 30.3 Å². The Balaban J connectivity index is 2.27. The van der Waals surface area contributed by atoms with Gasteiger partial charge in [0, 0.05) is 22.4 Å². The van der Waals surface area contributed by atoms with Gasteiger partial charge in [-0.15, -0.1) is 0 Å². The molecule has 0 aliphatic heterocycles. The van der Waals surface area contributed by atoms with Crippen LogP contribution >= 0.6 is 0 Å². The number of hydrogen-bond donors (Lipinski definition) is 0. The molecule has 0 atom stereocenters. The summed E-state index contributed by atoms with van der Waals surface area (Å²) < 4.78 is 0. The molecule has 18 heavy (non-hydrogen) atoms. The van der Waals surface area contributed by atoms with E-state index in [0.29, 0.717) is 0 Å². The third kappa shape index (κ3) is 1.29. The summed E-state index contributed by atoms with van der Waals surface area (Å²) in [5.41, 5.74) is 3.05. The molecule has 2 aromatic heterocycles. The SMILES string of the molecule is c1ccc2nc3c(ccc4ncccc43)cc2c1. The Hall–Kier alpha value is -2.48. The van der Waals surface area contributed by atoms with Crippen molar-refractivity contribution in [1.29, 1.82) is 0 Å². The summed E-state index contributed by atoms with van der Waals surface area (Å²) in [6, 6.07) is 18.6. The summed E-state index contributed by atoms with van der Waals surface area (Å²) >= 11 is 0. The number of benzene rings is 2. The van der Waals surface area contributed by atoms with E-state index in [1.807, 2.05) is 36.5 Å². The number of para-hydroxylation sites is 1. The third-order valence-electron chi connectivity index (χ3n) is 3.27. The van der Waals surface area contributed by atoms with Crippen LogP contribution in [0.3, 0.4) is 0 Å². The van der Waals surface area contributed by atoms with E-state index >= 15 is 0 Å². The van der Waals surface area contributed by atoms with E-state index in [1.54, 1.807) is 0 Å². The molecule has 4 aromatic rings. The van der Waals surface area contributed by atoms with Crippen LogP contribution in [-0.2, 0) is 0 Å². The topological polar surface area (TPSA) is 25.8 Å². The molecule has 2 heteroatoms. The van der Waals surface area contributed by atoms with Crippen molar-refractivity contribution in [3.8, 4) is 0 Å². The third-order valence-corrected chi connectivity index (χ3v) is 3.27. The van der Waals surface area contributed by atoms with E-state index in [0.717, 1.165) is 27.3 Å². The summed E-state index contributed by atoms with van der Waals surface area (Å²) in [5.74, 6) is 0. The van der Waals surface area contributed by atoms with Crippen molar-refractivity contribution in [2.45, 2.75) is 0 Å². The molecule has 0 N–H and O–H groups in total. The zero-order chi connectivity index (χ0) is 11.9. The van der Waals surface area contributed by atoms with Crippen molar-refractivity contribution in [3.63, 3.8) is 0 Å². The van der Waals surface area contributed by atoms with Crippen molar-refractivity contribution < 1.29 is 0 Å². The fraction of sp³-hybridized carbons (Fsp3) is 0. The Morgan fingerprint density at radius 3 is 2.67 bits per heavy atom. The second-order valence-corrected chi connectivity index (χ2v) is 4.39. The summed E-state index contributed by atoms with van der Waals surface area (Å²) in [6.45, 7) is 0. The predicted molar refractivity (Wildman–Crippen MR) is 74.6 cm³/mol. The molecule has 2 heterocycles. The Labute approximate surface area is 104 Å². The maximum Gasteiger partial charge on any atom is 0.0803 e. The van der Waals surface area contributed by atoms with Crippen molar-refractivity contribution in [1.82, 2.24) is 9.97 Å². The standard InChI is InChI=1S/C16H10N2/c1-2-6-14-11(4-1)10-12-7-8-15-13(16(12)18-14)5-3-9-17-15/h1-10H. The van der Waals surface area contributed by atoms with Gasteiger partial charge in [0.15, 0.2) is 0 Å². The largest absolute Gasteiger partial charge is 0.256 e. The van der Waals surface area contributed by atoms with Gasteiger partial charge in [-0.2, -0.15) is 0 Å². The molecule has 0 aliphatic rings. The van der Waals surface area contributed by atoms with Crippen molar-refractivity contribution in [2.24, 2.45) is 0 Å². The van der Waals surface area contributed by atoms with E-state index in [2.05, 4.69) is 29.2 Å². The van der Waals surface area contributed by atoms with E-state index < -0.39 is 0 Å². The van der Waals surface area contributed by atoms with Gasteiger partial charge in [-0.3, -0.25) is 4.98 Å². The van der Waals surface area contributed by atoms with Gasteiger partial charge in [-0.25, -0.2) is 4.98 Å². The first-order chi connectivity index (χ1) is 8.92. The molecular weight excluding hydrogens is 220 g/mol. The number of nitrogens with zero attached hydrogens (tertiary/aromatic N) is 2. The second-order valence-electron chi connectivity index (χ2n) is 4.39. The lowest BCUT2D eigenvalue weighted by Crippen LogP contribution is -1.85. The van der Waals surface area contributed by atoms with E-state index in [1.165, 1.54) is 5.39 Å². The van der Waals surface area contributed by atoms with Crippen molar-refractivity contribution in [3.05, 3.63) is 60.8 Å². The second kappa shape index (κ2) is 3.50. The first-order valence-corrected chi connectivity index (χ1v) is 5.95. The van der Waals surface area contributed by atoms with Crippen LogP contribution in [0.4, 0.5) is 0 Å². The molecule has 0 unspecified atom stereocenters. The minimum atomic E-state index is 0.993. The van der Waals surface area contributed by atoms with Gasteiger partial charge in [0.1, 0.15) is 0 Å². The number of hydrogen-bond acceptors (Lipinski definition) is 2. The summed E-state index contributed by atoms with van der Waals surface area (Å²) in [4.78, 5) is 9.14. The molecule has 0 spiro atoms. The maximum atomic E-state index is 4.77. The van der Waals surface area contributed by atoms with Crippen LogP contribution < -0.4 is 0 Å². The van der Waals surface area contributed by atoms with Crippen LogP contribution in [0.2, 0.25) is 0 Å². The van der Waals surface area contributed by atoms with Crippen molar-refractivity contribution >= 4 is 32.7 Å². The molecule has 0 fully saturated rings. The highest BCUT2D eigenvalue weighted by molar-refractivity contribution is 6.07. The molecule has 84 valence electrons. The molecule has 0 radical (unpaired) electrons. The lowest BCUT2D eigenvalue weighted by Gasteiger charge is -2.04. The molecular formula is C16H10N2. The zero-order valence-electron chi connectivity index (χ0n) is 9.67. The lowest BCUT2D eigenvalue weighted by molar-refractivity contribution is 1.41. The van der Waals surface area contributed by atoms with Crippen LogP contribution in [0.1, 0.15) is 0 Å². The van der Waals surface area contributed by atoms with Crippen LogP contribution in [-0.4, -0.2) is 9.97 Å². The fourth-order valence-electron chi connectivity index (χ4n) is 2.39. The van der Waals surface area contributed by atoms with E-state index in [-0.39, 0.29) is 0 Å². The van der Waals surface area contributed by atoms with Gasteiger partial charge in [0.2, 0.25) is 0 Å². The highest BCUT2D eigenvalue weighted by Crippen LogP contribution is 2.25. The molecule has 0 amide bonds. The van der Waals surface area contributed by atoms with Gasteiger partial charge in [0.25, 0.3) is 0 Å². The highest BCUT2D eigenvalue weighted by Gasteiger charge is 2.03. The van der Waals surface area contributed by atoms with Gasteiger partial charge in [0.05, 0.1) is 16.6 Å². The smallest absolute Gasteiger partial charge is 0.0803 e. The Morgan fingerprint density at radius 1 is 0.722 bits per heavy atom. The molecule has 0 saturated carbocycles. The van der Waals surface area contributed by atoms with Crippen LogP contribution in [0.15, 0.2) is 60.8 Å². The number of fused-ring (bicyclic) bond motifs is 4. The molecule has 2 aromatic carbocycles. The van der Waals surface area contributed by atoms with Gasteiger partial charge < -0.3 is 0 Å². The zero-order valence-corrected chi connectivity index (χ0v) is 9.67. The molecule has 4 rings (SSSR count). The van der Waals surface area contributed by atoms with Gasteiger partial charge >= 0.3 is 0 Å². The van der Waals surface area contributed by atoms with E-state index in [4.69, 9.17) is 4.98 Å². The normalized spacial score (nSPS) is 11.3. The first kappa shape index (κ1) is 9.54.